The number of hydrogen-bond acceptors (Lipinski definition) is 1. The van der Waals surface area contributed by atoms with Crippen molar-refractivity contribution in [1.29, 1.82) is 0 Å². The fraction of sp³-hybridized carbons (Fsp3) is 0.0323. The Balaban J connectivity index is 1.20. The third-order valence-corrected chi connectivity index (χ3v) is 13.1. The quantitative estimate of drug-likeness (QED) is 0.145. The van der Waals surface area contributed by atoms with Crippen LogP contribution in [0.5, 0.6) is 0 Å². The predicted octanol–water partition coefficient (Wildman–Crippen LogP) is 17.4. The number of allylic oxidation sites excluding steroid dienone is 1. The Kier molecular flexibility index (Phi) is 9.04. The van der Waals surface area contributed by atoms with Crippen molar-refractivity contribution in [2.75, 3.05) is 4.90 Å². The molecule has 0 N–H and O–H groups in total. The summed E-state index contributed by atoms with van der Waals surface area (Å²) in [6, 6.07) is 82.7. The Morgan fingerprint density at radius 3 is 1.75 bits per heavy atom. The molecule has 0 atom stereocenters. The molecule has 296 valence electrons. The SMILES string of the molecule is C1=Cc2c(c3cc(N(c4ccc5ccccc5c4)c4ccccc4-c4cccc5ccccc45)ccc3c3c(-c4ccccc4)c(-c4ccccc4)cc(-c4ccccc4)c23)CC1. The van der Waals surface area contributed by atoms with Crippen LogP contribution < -0.4 is 4.90 Å². The highest BCUT2D eigenvalue weighted by atomic mass is 15.1. The summed E-state index contributed by atoms with van der Waals surface area (Å²) in [4.78, 5) is 2.49. The third-order valence-electron chi connectivity index (χ3n) is 13.1. The van der Waals surface area contributed by atoms with Crippen molar-refractivity contribution in [1.82, 2.24) is 0 Å². The molecule has 0 aliphatic heterocycles. The highest BCUT2D eigenvalue weighted by molar-refractivity contribution is 6.25. The molecule has 1 heteroatoms. The zero-order valence-electron chi connectivity index (χ0n) is 34.9. The number of rotatable bonds is 7. The Morgan fingerprint density at radius 1 is 0.349 bits per heavy atom. The van der Waals surface area contributed by atoms with Crippen LogP contribution in [0, 0.1) is 0 Å². The molecule has 11 aromatic carbocycles. The number of aryl methyl sites for hydroxylation is 1. The number of para-hydroxylation sites is 1. The van der Waals surface area contributed by atoms with E-state index in [2.05, 4.69) is 242 Å². The van der Waals surface area contributed by atoms with Gasteiger partial charge in [-0.2, -0.15) is 0 Å². The van der Waals surface area contributed by atoms with Gasteiger partial charge in [0.1, 0.15) is 0 Å². The van der Waals surface area contributed by atoms with Gasteiger partial charge in [0.25, 0.3) is 0 Å². The maximum absolute atomic E-state index is 2.49. The average Bonchev–Trinajstić information content (AvgIpc) is 3.36. The number of anilines is 3. The highest BCUT2D eigenvalue weighted by Crippen LogP contribution is 2.51. The zero-order chi connectivity index (χ0) is 41.7. The summed E-state index contributed by atoms with van der Waals surface area (Å²) >= 11 is 0. The van der Waals surface area contributed by atoms with Crippen LogP contribution in [-0.2, 0) is 6.42 Å². The van der Waals surface area contributed by atoms with Gasteiger partial charge in [0, 0.05) is 16.9 Å². The van der Waals surface area contributed by atoms with E-state index in [1.165, 1.54) is 98.7 Å². The van der Waals surface area contributed by atoms with Gasteiger partial charge in [-0.05, 0) is 142 Å². The van der Waals surface area contributed by atoms with E-state index >= 15 is 0 Å². The molecule has 1 aliphatic rings. The summed E-state index contributed by atoms with van der Waals surface area (Å²) in [5.41, 5.74) is 16.0. The molecule has 0 saturated carbocycles. The van der Waals surface area contributed by atoms with Crippen LogP contribution in [0.4, 0.5) is 17.1 Å². The van der Waals surface area contributed by atoms with Gasteiger partial charge in [-0.3, -0.25) is 0 Å². The van der Waals surface area contributed by atoms with Crippen molar-refractivity contribution in [3.63, 3.8) is 0 Å². The van der Waals surface area contributed by atoms with E-state index in [0.717, 1.165) is 29.9 Å². The Hall–Kier alpha value is -8.00. The van der Waals surface area contributed by atoms with Gasteiger partial charge in [0.05, 0.1) is 5.69 Å². The van der Waals surface area contributed by atoms with Gasteiger partial charge in [-0.25, -0.2) is 0 Å². The summed E-state index contributed by atoms with van der Waals surface area (Å²) < 4.78 is 0. The molecule has 0 aromatic heterocycles. The Morgan fingerprint density at radius 2 is 0.952 bits per heavy atom. The van der Waals surface area contributed by atoms with Crippen molar-refractivity contribution in [2.45, 2.75) is 12.8 Å². The molecular formula is C62H43N. The summed E-state index contributed by atoms with van der Waals surface area (Å²) in [5, 5.41) is 10.1. The smallest absolute Gasteiger partial charge is 0.0540 e. The molecule has 0 saturated heterocycles. The summed E-state index contributed by atoms with van der Waals surface area (Å²) in [5.74, 6) is 0. The van der Waals surface area contributed by atoms with Gasteiger partial charge >= 0.3 is 0 Å². The number of benzene rings is 11. The lowest BCUT2D eigenvalue weighted by Crippen LogP contribution is -2.12. The summed E-state index contributed by atoms with van der Waals surface area (Å²) in [6.45, 7) is 0. The van der Waals surface area contributed by atoms with Crippen LogP contribution in [0.25, 0.3) is 93.7 Å². The molecule has 0 amide bonds. The van der Waals surface area contributed by atoms with E-state index in [4.69, 9.17) is 0 Å². The minimum atomic E-state index is 0.972. The van der Waals surface area contributed by atoms with E-state index in [9.17, 15) is 0 Å². The predicted molar refractivity (Wildman–Crippen MR) is 270 cm³/mol. The van der Waals surface area contributed by atoms with Gasteiger partial charge in [0.15, 0.2) is 0 Å². The largest absolute Gasteiger partial charge is 0.310 e. The Bertz CT molecular complexity index is 3540. The lowest BCUT2D eigenvalue weighted by Gasteiger charge is -2.30. The van der Waals surface area contributed by atoms with Crippen molar-refractivity contribution in [3.8, 4) is 44.5 Å². The van der Waals surface area contributed by atoms with E-state index in [1.807, 2.05) is 0 Å². The van der Waals surface area contributed by atoms with Crippen LogP contribution in [0.15, 0.2) is 231 Å². The molecule has 0 heterocycles. The van der Waals surface area contributed by atoms with Crippen LogP contribution in [-0.4, -0.2) is 0 Å². The monoisotopic (exact) mass is 801 g/mol. The first-order valence-electron chi connectivity index (χ1n) is 22.1. The van der Waals surface area contributed by atoms with Crippen molar-refractivity contribution in [3.05, 3.63) is 242 Å². The Labute approximate surface area is 368 Å². The minimum absolute atomic E-state index is 0.972. The summed E-state index contributed by atoms with van der Waals surface area (Å²) in [6.07, 6.45) is 6.76. The summed E-state index contributed by atoms with van der Waals surface area (Å²) in [7, 11) is 0. The van der Waals surface area contributed by atoms with Gasteiger partial charge < -0.3 is 4.90 Å². The first-order valence-corrected chi connectivity index (χ1v) is 22.1. The fourth-order valence-electron chi connectivity index (χ4n) is 10.2. The van der Waals surface area contributed by atoms with E-state index < -0.39 is 0 Å². The normalized spacial score (nSPS) is 12.3. The second kappa shape index (κ2) is 15.5. The molecule has 0 radical (unpaired) electrons. The van der Waals surface area contributed by atoms with E-state index in [1.54, 1.807) is 0 Å². The van der Waals surface area contributed by atoms with Gasteiger partial charge in [-0.15, -0.1) is 0 Å². The lowest BCUT2D eigenvalue weighted by molar-refractivity contribution is 1.00. The molecule has 1 nitrogen and oxygen atoms in total. The molecule has 63 heavy (non-hydrogen) atoms. The second-order valence-corrected chi connectivity index (χ2v) is 16.7. The van der Waals surface area contributed by atoms with Crippen LogP contribution >= 0.6 is 0 Å². The second-order valence-electron chi connectivity index (χ2n) is 16.7. The molecule has 0 bridgehead atoms. The number of nitrogens with zero attached hydrogens (tertiary/aromatic N) is 1. The van der Waals surface area contributed by atoms with Crippen molar-refractivity contribution in [2.24, 2.45) is 0 Å². The molecule has 0 unspecified atom stereocenters. The third kappa shape index (κ3) is 6.32. The molecule has 0 fully saturated rings. The standard InChI is InChI=1S/C62H43N/c1-4-20-44(21-5-1)56-41-57(45-22-6-2-7-23-45)61-54-32-15-14-30-52(54)58-40-49(37-38-55(58)62(61)60(56)46-25-8-3-9-26-46)63(48-36-35-42-19-10-11-27-47(42)39-48)59-34-17-16-31-53(59)51-33-18-28-43-24-12-13-29-50(43)51/h1-13,15-29,31-41H,14,30H2. The number of hydrogen-bond donors (Lipinski definition) is 0. The molecular weight excluding hydrogens is 759 g/mol. The molecule has 11 aromatic rings. The topological polar surface area (TPSA) is 3.24 Å². The lowest BCUT2D eigenvalue weighted by atomic mass is 9.78. The van der Waals surface area contributed by atoms with E-state index in [0.29, 0.717) is 0 Å². The van der Waals surface area contributed by atoms with Gasteiger partial charge in [-0.1, -0.05) is 200 Å². The average molecular weight is 802 g/mol. The first-order chi connectivity index (χ1) is 31.3. The van der Waals surface area contributed by atoms with Crippen molar-refractivity contribution >= 4 is 66.2 Å². The number of fused-ring (bicyclic) bond motifs is 8. The van der Waals surface area contributed by atoms with Gasteiger partial charge in [0.2, 0.25) is 0 Å². The first kappa shape index (κ1) is 36.8. The maximum atomic E-state index is 2.49. The molecule has 1 aliphatic carbocycles. The fourth-order valence-corrected chi connectivity index (χ4v) is 10.2. The van der Waals surface area contributed by atoms with Crippen LogP contribution in [0.1, 0.15) is 17.5 Å². The zero-order valence-corrected chi connectivity index (χ0v) is 34.9. The maximum Gasteiger partial charge on any atom is 0.0540 e. The minimum Gasteiger partial charge on any atom is -0.310 e. The molecule has 12 rings (SSSR count). The van der Waals surface area contributed by atoms with Crippen LogP contribution in [0.2, 0.25) is 0 Å². The highest BCUT2D eigenvalue weighted by Gasteiger charge is 2.26. The van der Waals surface area contributed by atoms with Crippen LogP contribution in [0.3, 0.4) is 0 Å². The van der Waals surface area contributed by atoms with Crippen molar-refractivity contribution < 1.29 is 0 Å². The molecule has 0 spiro atoms. The van der Waals surface area contributed by atoms with E-state index in [-0.39, 0.29) is 0 Å².